The van der Waals surface area contributed by atoms with Gasteiger partial charge in [0.15, 0.2) is 5.78 Å². The molecule has 1 aromatic rings. The van der Waals surface area contributed by atoms with E-state index < -0.39 is 5.92 Å². The van der Waals surface area contributed by atoms with Gasteiger partial charge in [-0.2, -0.15) is 5.26 Å². The molecule has 0 aliphatic rings. The van der Waals surface area contributed by atoms with Crippen molar-refractivity contribution < 1.29 is 4.79 Å². The van der Waals surface area contributed by atoms with Crippen LogP contribution < -0.4 is 0 Å². The molecule has 2 unspecified atom stereocenters. The molecule has 1 heterocycles. The van der Waals surface area contributed by atoms with Gasteiger partial charge in [0.25, 0.3) is 0 Å². The van der Waals surface area contributed by atoms with E-state index in [4.69, 9.17) is 5.26 Å². The first-order valence-electron chi connectivity index (χ1n) is 5.04. The standard InChI is InChI=1S/C12H14N2O/c1-3-9(2)12(15)11(8-13)10-4-6-14-7-5-10/h4-7,9,11H,3H2,1-2H3. The molecule has 0 aromatic carbocycles. The van der Waals surface area contributed by atoms with Gasteiger partial charge in [0.2, 0.25) is 0 Å². The molecule has 0 saturated heterocycles. The summed E-state index contributed by atoms with van der Waals surface area (Å²) in [6, 6.07) is 5.49. The van der Waals surface area contributed by atoms with Gasteiger partial charge < -0.3 is 0 Å². The van der Waals surface area contributed by atoms with Crippen LogP contribution in [0.1, 0.15) is 31.7 Å². The predicted molar refractivity (Wildman–Crippen MR) is 57.1 cm³/mol. The third-order valence-electron chi connectivity index (χ3n) is 2.55. The largest absolute Gasteiger partial charge is 0.298 e. The molecular weight excluding hydrogens is 188 g/mol. The Balaban J connectivity index is 2.92. The Bertz CT molecular complexity index is 367. The van der Waals surface area contributed by atoms with E-state index >= 15 is 0 Å². The maximum atomic E-state index is 11.9. The van der Waals surface area contributed by atoms with Gasteiger partial charge in [0.05, 0.1) is 6.07 Å². The molecule has 3 heteroatoms. The molecule has 78 valence electrons. The Hall–Kier alpha value is -1.69. The SMILES string of the molecule is CCC(C)C(=O)C(C#N)c1ccncc1. The number of Topliss-reactive ketones (excluding diaryl/α,β-unsaturated/α-hetero) is 1. The minimum Gasteiger partial charge on any atom is -0.298 e. The van der Waals surface area contributed by atoms with Crippen molar-refractivity contribution in [3.8, 4) is 6.07 Å². The fourth-order valence-corrected chi connectivity index (χ4v) is 1.34. The highest BCUT2D eigenvalue weighted by Gasteiger charge is 2.23. The monoisotopic (exact) mass is 202 g/mol. The summed E-state index contributed by atoms with van der Waals surface area (Å²) in [4.78, 5) is 15.7. The summed E-state index contributed by atoms with van der Waals surface area (Å²) >= 11 is 0. The third kappa shape index (κ3) is 2.63. The number of aromatic nitrogens is 1. The maximum Gasteiger partial charge on any atom is 0.157 e. The van der Waals surface area contributed by atoms with Crippen LogP contribution in [0, 0.1) is 17.2 Å². The Kier molecular flexibility index (Phi) is 3.99. The average Bonchev–Trinajstić information content (AvgIpc) is 2.30. The van der Waals surface area contributed by atoms with Crippen molar-refractivity contribution in [3.05, 3.63) is 30.1 Å². The number of pyridine rings is 1. The summed E-state index contributed by atoms with van der Waals surface area (Å²) in [5.41, 5.74) is 0.734. The third-order valence-corrected chi connectivity index (χ3v) is 2.55. The lowest BCUT2D eigenvalue weighted by molar-refractivity contribution is -0.122. The number of rotatable bonds is 4. The van der Waals surface area contributed by atoms with Crippen molar-refractivity contribution in [1.29, 1.82) is 5.26 Å². The minimum absolute atomic E-state index is 0.00815. The smallest absolute Gasteiger partial charge is 0.157 e. The summed E-state index contributed by atoms with van der Waals surface area (Å²) < 4.78 is 0. The lowest BCUT2D eigenvalue weighted by Crippen LogP contribution is -2.18. The summed E-state index contributed by atoms with van der Waals surface area (Å²) in [5, 5.41) is 9.00. The lowest BCUT2D eigenvalue weighted by Gasteiger charge is -2.12. The van der Waals surface area contributed by atoms with E-state index in [2.05, 4.69) is 11.1 Å². The van der Waals surface area contributed by atoms with Crippen molar-refractivity contribution >= 4 is 5.78 Å². The maximum absolute atomic E-state index is 11.9. The van der Waals surface area contributed by atoms with E-state index in [0.29, 0.717) is 0 Å². The molecule has 0 amide bonds. The molecule has 1 aromatic heterocycles. The highest BCUT2D eigenvalue weighted by atomic mass is 16.1. The van der Waals surface area contributed by atoms with E-state index in [1.807, 2.05) is 13.8 Å². The molecule has 0 N–H and O–H groups in total. The van der Waals surface area contributed by atoms with Crippen LogP contribution in [0.4, 0.5) is 0 Å². The molecule has 0 saturated carbocycles. The second-order valence-electron chi connectivity index (χ2n) is 3.55. The summed E-state index contributed by atoms with van der Waals surface area (Å²) in [7, 11) is 0. The predicted octanol–water partition coefficient (Wildman–Crippen LogP) is 2.30. The molecule has 0 aliphatic heterocycles. The molecule has 15 heavy (non-hydrogen) atoms. The van der Waals surface area contributed by atoms with E-state index in [1.54, 1.807) is 24.5 Å². The molecule has 0 aliphatic carbocycles. The minimum atomic E-state index is -0.650. The van der Waals surface area contributed by atoms with E-state index in [0.717, 1.165) is 12.0 Å². The first-order chi connectivity index (χ1) is 7.20. The van der Waals surface area contributed by atoms with Gasteiger partial charge >= 0.3 is 0 Å². The summed E-state index contributed by atoms with van der Waals surface area (Å²) in [5.74, 6) is -0.725. The van der Waals surface area contributed by atoms with E-state index in [9.17, 15) is 4.79 Å². The average molecular weight is 202 g/mol. The number of ketones is 1. The number of nitriles is 1. The van der Waals surface area contributed by atoms with Crippen LogP contribution in [0.15, 0.2) is 24.5 Å². The van der Waals surface area contributed by atoms with Crippen molar-refractivity contribution in [2.24, 2.45) is 5.92 Å². The summed E-state index contributed by atoms with van der Waals surface area (Å²) in [6.07, 6.45) is 3.97. The number of nitrogens with zero attached hydrogens (tertiary/aromatic N) is 2. The number of carbonyl (C=O) groups is 1. The van der Waals surface area contributed by atoms with Gasteiger partial charge in [-0.3, -0.25) is 9.78 Å². The first-order valence-corrected chi connectivity index (χ1v) is 5.04. The Morgan fingerprint density at radius 3 is 2.60 bits per heavy atom. The quantitative estimate of drug-likeness (QED) is 0.752. The zero-order chi connectivity index (χ0) is 11.3. The van der Waals surface area contributed by atoms with Gasteiger partial charge in [0.1, 0.15) is 5.92 Å². The zero-order valence-corrected chi connectivity index (χ0v) is 8.97. The Morgan fingerprint density at radius 1 is 1.53 bits per heavy atom. The van der Waals surface area contributed by atoms with Gasteiger partial charge in [-0.05, 0) is 24.1 Å². The number of hydrogen-bond acceptors (Lipinski definition) is 3. The molecular formula is C12H14N2O. The molecule has 0 radical (unpaired) electrons. The van der Waals surface area contributed by atoms with E-state index in [-0.39, 0.29) is 11.7 Å². The molecule has 1 rings (SSSR count). The van der Waals surface area contributed by atoms with Gasteiger partial charge in [-0.15, -0.1) is 0 Å². The van der Waals surface area contributed by atoms with Crippen LogP contribution >= 0.6 is 0 Å². The molecule has 0 spiro atoms. The van der Waals surface area contributed by atoms with Crippen LogP contribution in [0.25, 0.3) is 0 Å². The Morgan fingerprint density at radius 2 is 2.13 bits per heavy atom. The highest BCUT2D eigenvalue weighted by Crippen LogP contribution is 2.20. The number of carbonyl (C=O) groups excluding carboxylic acids is 1. The number of hydrogen-bond donors (Lipinski definition) is 0. The fraction of sp³-hybridized carbons (Fsp3) is 0.417. The van der Waals surface area contributed by atoms with Crippen LogP contribution in [0.2, 0.25) is 0 Å². The second-order valence-corrected chi connectivity index (χ2v) is 3.55. The van der Waals surface area contributed by atoms with Crippen molar-refractivity contribution in [2.45, 2.75) is 26.2 Å². The normalized spacial score (nSPS) is 13.9. The fourth-order valence-electron chi connectivity index (χ4n) is 1.34. The molecule has 3 nitrogen and oxygen atoms in total. The van der Waals surface area contributed by atoms with E-state index in [1.165, 1.54) is 0 Å². The van der Waals surface area contributed by atoms with Gasteiger partial charge in [-0.25, -0.2) is 0 Å². The van der Waals surface area contributed by atoms with Gasteiger partial charge in [-0.1, -0.05) is 13.8 Å². The van der Waals surface area contributed by atoms with Crippen LogP contribution in [-0.2, 0) is 4.79 Å². The summed E-state index contributed by atoms with van der Waals surface area (Å²) in [6.45, 7) is 3.80. The molecule has 2 atom stereocenters. The van der Waals surface area contributed by atoms with Crippen molar-refractivity contribution in [1.82, 2.24) is 4.98 Å². The van der Waals surface area contributed by atoms with Crippen LogP contribution in [0.5, 0.6) is 0 Å². The first kappa shape index (κ1) is 11.4. The van der Waals surface area contributed by atoms with Gasteiger partial charge in [0, 0.05) is 18.3 Å². The van der Waals surface area contributed by atoms with Crippen molar-refractivity contribution in [3.63, 3.8) is 0 Å². The second kappa shape index (κ2) is 5.26. The molecule has 0 fully saturated rings. The van der Waals surface area contributed by atoms with Crippen LogP contribution in [0.3, 0.4) is 0 Å². The molecule has 0 bridgehead atoms. The topological polar surface area (TPSA) is 53.8 Å². The Labute approximate surface area is 89.8 Å². The highest BCUT2D eigenvalue weighted by molar-refractivity contribution is 5.90. The lowest BCUT2D eigenvalue weighted by atomic mass is 9.88. The van der Waals surface area contributed by atoms with Crippen LogP contribution in [-0.4, -0.2) is 10.8 Å². The van der Waals surface area contributed by atoms with Crippen molar-refractivity contribution in [2.75, 3.05) is 0 Å². The zero-order valence-electron chi connectivity index (χ0n) is 8.97.